The van der Waals surface area contributed by atoms with Gasteiger partial charge in [-0.15, -0.1) is 0 Å². The van der Waals surface area contributed by atoms with E-state index in [4.69, 9.17) is 4.74 Å². The summed E-state index contributed by atoms with van der Waals surface area (Å²) >= 11 is 0. The minimum Gasteiger partial charge on any atom is -0.326 e. The number of carbonyl (C=O) groups is 1. The Bertz CT molecular complexity index is 393. The molecule has 1 amide bonds. The first-order valence-corrected chi connectivity index (χ1v) is 8.40. The average Bonchev–Trinajstić information content (AvgIpc) is 2.46. The normalized spacial score (nSPS) is 33.1. The van der Waals surface area contributed by atoms with Crippen LogP contribution in [0.1, 0.15) is 80.1 Å². The van der Waals surface area contributed by atoms with Crippen LogP contribution in [0.3, 0.4) is 0 Å². The molecule has 2 fully saturated rings. The monoisotopic (exact) mass is 296 g/mol. The Balaban J connectivity index is 2.31. The van der Waals surface area contributed by atoms with Gasteiger partial charge >= 0.3 is 0 Å². The number of piperidine rings is 1. The van der Waals surface area contributed by atoms with Gasteiger partial charge in [0.05, 0.1) is 0 Å². The number of rotatable bonds is 4. The van der Waals surface area contributed by atoms with E-state index in [0.29, 0.717) is 0 Å². The topological polar surface area (TPSA) is 50.4 Å². The average molecular weight is 296 g/mol. The van der Waals surface area contributed by atoms with Crippen molar-refractivity contribution in [1.82, 2.24) is 10.6 Å². The second-order valence-corrected chi connectivity index (χ2v) is 8.40. The highest BCUT2D eigenvalue weighted by atomic mass is 16.6. The van der Waals surface area contributed by atoms with Crippen molar-refractivity contribution in [3.8, 4) is 0 Å². The standard InChI is InChI=1S/C17H32N2O2/c1-7-9-16(10-8-2)13(20)18-17(21-16)12-14(3,4)11-15(5,6)19-17/h19H,7-12H2,1-6H3,(H,18,20). The summed E-state index contributed by atoms with van der Waals surface area (Å²) in [5.41, 5.74) is -0.569. The van der Waals surface area contributed by atoms with E-state index in [1.807, 2.05) is 0 Å². The Morgan fingerprint density at radius 2 is 1.62 bits per heavy atom. The first kappa shape index (κ1) is 16.8. The number of carbonyl (C=O) groups excluding carboxylic acids is 1. The third-order valence-electron chi connectivity index (χ3n) is 4.59. The second kappa shape index (κ2) is 5.24. The minimum absolute atomic E-state index is 0.0520. The van der Waals surface area contributed by atoms with Crippen LogP contribution in [-0.4, -0.2) is 22.9 Å². The van der Waals surface area contributed by atoms with Gasteiger partial charge < -0.3 is 10.1 Å². The van der Waals surface area contributed by atoms with Crippen LogP contribution in [0.2, 0.25) is 0 Å². The zero-order valence-electron chi connectivity index (χ0n) is 14.6. The number of hydrogen-bond donors (Lipinski definition) is 2. The van der Waals surface area contributed by atoms with Gasteiger partial charge in [-0.2, -0.15) is 0 Å². The Labute approximate surface area is 129 Å². The highest BCUT2D eigenvalue weighted by Gasteiger charge is 2.59. The third-order valence-corrected chi connectivity index (χ3v) is 4.59. The summed E-state index contributed by atoms with van der Waals surface area (Å²) in [5.74, 6) is -0.639. The molecule has 1 atom stereocenters. The molecular weight excluding hydrogens is 264 g/mol. The maximum Gasteiger partial charge on any atom is 0.255 e. The van der Waals surface area contributed by atoms with E-state index in [1.54, 1.807) is 0 Å². The summed E-state index contributed by atoms with van der Waals surface area (Å²) in [6.45, 7) is 13.1. The molecule has 2 aliphatic rings. The van der Waals surface area contributed by atoms with Gasteiger partial charge in [0, 0.05) is 12.0 Å². The Morgan fingerprint density at radius 3 is 2.10 bits per heavy atom. The van der Waals surface area contributed by atoms with E-state index in [0.717, 1.165) is 38.5 Å². The van der Waals surface area contributed by atoms with E-state index in [1.165, 1.54) is 0 Å². The molecule has 0 bridgehead atoms. The highest BCUT2D eigenvalue weighted by molar-refractivity contribution is 5.87. The van der Waals surface area contributed by atoms with Crippen molar-refractivity contribution in [2.45, 2.75) is 97.1 Å². The fraction of sp³-hybridized carbons (Fsp3) is 0.941. The zero-order chi connectivity index (χ0) is 15.9. The lowest BCUT2D eigenvalue weighted by molar-refractivity contribution is -0.181. The first-order valence-electron chi connectivity index (χ1n) is 8.40. The molecule has 0 aromatic rings. The number of hydrogen-bond acceptors (Lipinski definition) is 3. The lowest BCUT2D eigenvalue weighted by atomic mass is 9.72. The van der Waals surface area contributed by atoms with Gasteiger partial charge in [-0.3, -0.25) is 10.1 Å². The van der Waals surface area contributed by atoms with E-state index < -0.39 is 11.4 Å². The smallest absolute Gasteiger partial charge is 0.255 e. The van der Waals surface area contributed by atoms with Crippen molar-refractivity contribution in [2.24, 2.45) is 5.41 Å². The van der Waals surface area contributed by atoms with Gasteiger partial charge in [0.2, 0.25) is 0 Å². The molecule has 122 valence electrons. The summed E-state index contributed by atoms with van der Waals surface area (Å²) < 4.78 is 6.47. The van der Waals surface area contributed by atoms with Crippen molar-refractivity contribution in [1.29, 1.82) is 0 Å². The Kier molecular flexibility index (Phi) is 4.18. The maximum atomic E-state index is 12.7. The molecule has 0 aromatic heterocycles. The van der Waals surface area contributed by atoms with E-state index in [2.05, 4.69) is 52.2 Å². The predicted octanol–water partition coefficient (Wildman–Crippen LogP) is 3.31. The SMILES string of the molecule is CCCC1(CCC)OC2(CC(C)(C)CC(C)(C)N2)NC1=O. The molecule has 2 aliphatic heterocycles. The molecule has 0 radical (unpaired) electrons. The van der Waals surface area contributed by atoms with Crippen LogP contribution >= 0.6 is 0 Å². The van der Waals surface area contributed by atoms with Gasteiger partial charge in [0.1, 0.15) is 0 Å². The predicted molar refractivity (Wildman–Crippen MR) is 84.7 cm³/mol. The molecule has 4 heteroatoms. The van der Waals surface area contributed by atoms with Gasteiger partial charge in [-0.05, 0) is 38.5 Å². The van der Waals surface area contributed by atoms with E-state index in [-0.39, 0.29) is 16.9 Å². The molecule has 0 saturated carbocycles. The number of amides is 1. The molecule has 0 aromatic carbocycles. The van der Waals surface area contributed by atoms with Crippen LogP contribution in [0.15, 0.2) is 0 Å². The molecule has 0 aliphatic carbocycles. The summed E-state index contributed by atoms with van der Waals surface area (Å²) in [6, 6.07) is 0. The maximum absolute atomic E-state index is 12.7. The number of nitrogens with one attached hydrogen (secondary N) is 2. The van der Waals surface area contributed by atoms with Crippen molar-refractivity contribution in [3.05, 3.63) is 0 Å². The summed E-state index contributed by atoms with van der Waals surface area (Å²) in [6.07, 6.45) is 5.36. The fourth-order valence-electron chi connectivity index (χ4n) is 4.67. The van der Waals surface area contributed by atoms with Crippen LogP contribution in [-0.2, 0) is 9.53 Å². The number of ether oxygens (including phenoxy) is 1. The molecule has 21 heavy (non-hydrogen) atoms. The van der Waals surface area contributed by atoms with Crippen molar-refractivity contribution >= 4 is 5.91 Å². The van der Waals surface area contributed by atoms with Gasteiger partial charge in [0.15, 0.2) is 11.4 Å². The van der Waals surface area contributed by atoms with Crippen LogP contribution in [0.4, 0.5) is 0 Å². The summed E-state index contributed by atoms with van der Waals surface area (Å²) in [5, 5.41) is 6.74. The quantitative estimate of drug-likeness (QED) is 0.837. The molecule has 2 heterocycles. The van der Waals surface area contributed by atoms with Crippen molar-refractivity contribution < 1.29 is 9.53 Å². The zero-order valence-corrected chi connectivity index (χ0v) is 14.6. The van der Waals surface area contributed by atoms with Crippen LogP contribution in [0.5, 0.6) is 0 Å². The molecular formula is C17H32N2O2. The molecule has 1 unspecified atom stereocenters. The molecule has 4 nitrogen and oxygen atoms in total. The largest absolute Gasteiger partial charge is 0.326 e. The van der Waals surface area contributed by atoms with Crippen LogP contribution < -0.4 is 10.6 Å². The van der Waals surface area contributed by atoms with E-state index in [9.17, 15) is 4.79 Å². The molecule has 2 N–H and O–H groups in total. The fourth-order valence-corrected chi connectivity index (χ4v) is 4.67. The van der Waals surface area contributed by atoms with Gasteiger partial charge in [0.25, 0.3) is 5.91 Å². The minimum atomic E-state index is -0.702. The molecule has 1 spiro atoms. The lowest BCUT2D eigenvalue weighted by Crippen LogP contribution is -2.68. The van der Waals surface area contributed by atoms with Crippen LogP contribution in [0.25, 0.3) is 0 Å². The molecule has 2 rings (SSSR count). The first-order chi connectivity index (χ1) is 9.58. The third kappa shape index (κ3) is 3.26. The van der Waals surface area contributed by atoms with Crippen molar-refractivity contribution in [2.75, 3.05) is 0 Å². The lowest BCUT2D eigenvalue weighted by Gasteiger charge is -2.51. The van der Waals surface area contributed by atoms with Gasteiger partial charge in [-0.1, -0.05) is 40.5 Å². The highest BCUT2D eigenvalue weighted by Crippen LogP contribution is 2.46. The Hall–Kier alpha value is -0.610. The summed E-state index contributed by atoms with van der Waals surface area (Å²) in [4.78, 5) is 12.7. The molecule has 2 saturated heterocycles. The Morgan fingerprint density at radius 1 is 1.05 bits per heavy atom. The van der Waals surface area contributed by atoms with Gasteiger partial charge in [-0.25, -0.2) is 0 Å². The van der Waals surface area contributed by atoms with Crippen LogP contribution in [0, 0.1) is 5.41 Å². The second-order valence-electron chi connectivity index (χ2n) is 8.40. The summed E-state index contributed by atoms with van der Waals surface area (Å²) in [7, 11) is 0. The van der Waals surface area contributed by atoms with Crippen molar-refractivity contribution in [3.63, 3.8) is 0 Å². The van der Waals surface area contributed by atoms with E-state index >= 15 is 0 Å².